The number of pyridine rings is 1. The lowest BCUT2D eigenvalue weighted by molar-refractivity contribution is 0.944. The lowest BCUT2D eigenvalue weighted by Crippen LogP contribution is -2.08. The molecule has 0 aliphatic heterocycles. The van der Waals surface area contributed by atoms with Crippen LogP contribution < -0.4 is 4.90 Å². The van der Waals surface area contributed by atoms with E-state index in [4.69, 9.17) is 0 Å². The van der Waals surface area contributed by atoms with Gasteiger partial charge in [-0.1, -0.05) is 12.1 Å². The third-order valence-corrected chi connectivity index (χ3v) is 4.02. The number of nitrogens with zero attached hydrogens (tertiary/aromatic N) is 4. The largest absolute Gasteiger partial charge is 0.378 e. The fraction of sp³-hybridized carbons (Fsp3) is 0.158. The minimum atomic E-state index is 0.586. The average molecular weight is 302 g/mol. The molecule has 0 radical (unpaired) electrons. The summed E-state index contributed by atoms with van der Waals surface area (Å²) in [5.41, 5.74) is 5.94. The van der Waals surface area contributed by atoms with Gasteiger partial charge in [0, 0.05) is 56.2 Å². The van der Waals surface area contributed by atoms with Crippen LogP contribution in [0.25, 0.3) is 22.5 Å². The maximum absolute atomic E-state index is 9.27. The Labute approximate surface area is 136 Å². The molecule has 3 rings (SSSR count). The first-order valence-corrected chi connectivity index (χ1v) is 7.40. The van der Waals surface area contributed by atoms with Crippen molar-refractivity contribution in [3.8, 4) is 28.6 Å². The summed E-state index contributed by atoms with van der Waals surface area (Å²) in [6, 6.07) is 16.7. The summed E-state index contributed by atoms with van der Waals surface area (Å²) in [4.78, 5) is 6.11. The van der Waals surface area contributed by atoms with E-state index in [0.29, 0.717) is 5.56 Å². The number of anilines is 1. The highest BCUT2D eigenvalue weighted by molar-refractivity contribution is 5.73. The normalized spacial score (nSPS) is 10.3. The Morgan fingerprint density at radius 1 is 1.00 bits per heavy atom. The van der Waals surface area contributed by atoms with Gasteiger partial charge in [0.2, 0.25) is 0 Å². The molecule has 0 spiro atoms. The summed E-state index contributed by atoms with van der Waals surface area (Å²) < 4.78 is 2.11. The molecule has 0 bridgehead atoms. The number of hydrogen-bond acceptors (Lipinski definition) is 3. The van der Waals surface area contributed by atoms with Gasteiger partial charge >= 0.3 is 0 Å². The maximum atomic E-state index is 9.27. The summed E-state index contributed by atoms with van der Waals surface area (Å²) in [6.07, 6.45) is 3.32. The third-order valence-electron chi connectivity index (χ3n) is 4.02. The fourth-order valence-electron chi connectivity index (χ4n) is 2.71. The van der Waals surface area contributed by atoms with E-state index in [1.54, 1.807) is 12.4 Å². The Morgan fingerprint density at radius 2 is 1.70 bits per heavy atom. The zero-order chi connectivity index (χ0) is 16.4. The van der Waals surface area contributed by atoms with Gasteiger partial charge in [-0.05, 0) is 35.9 Å². The summed E-state index contributed by atoms with van der Waals surface area (Å²) in [6.45, 7) is 0. The summed E-state index contributed by atoms with van der Waals surface area (Å²) in [7, 11) is 6.08. The average Bonchev–Trinajstić information content (AvgIpc) is 2.96. The number of rotatable bonds is 3. The molecule has 4 heteroatoms. The molecule has 2 heterocycles. The van der Waals surface area contributed by atoms with Gasteiger partial charge in [-0.15, -0.1) is 0 Å². The van der Waals surface area contributed by atoms with Gasteiger partial charge in [0.05, 0.1) is 5.56 Å². The zero-order valence-electron chi connectivity index (χ0n) is 13.5. The summed E-state index contributed by atoms with van der Waals surface area (Å²) >= 11 is 0. The molecule has 0 amide bonds. The van der Waals surface area contributed by atoms with E-state index in [9.17, 15) is 5.26 Å². The van der Waals surface area contributed by atoms with Crippen molar-refractivity contribution in [1.82, 2.24) is 9.55 Å². The minimum absolute atomic E-state index is 0.586. The predicted molar refractivity (Wildman–Crippen MR) is 93.1 cm³/mol. The molecule has 0 atom stereocenters. The van der Waals surface area contributed by atoms with Crippen molar-refractivity contribution in [3.05, 3.63) is 60.4 Å². The van der Waals surface area contributed by atoms with Crippen LogP contribution in [0.4, 0.5) is 5.69 Å². The van der Waals surface area contributed by atoms with E-state index in [-0.39, 0.29) is 0 Å². The number of hydrogen-bond donors (Lipinski definition) is 0. The zero-order valence-corrected chi connectivity index (χ0v) is 13.5. The van der Waals surface area contributed by atoms with E-state index in [0.717, 1.165) is 22.5 Å². The standard InChI is InChI=1S/C19H18N4/c1-22(2)16-6-4-14(5-7-16)18-8-9-19(23(18)3)17-10-11-21-13-15(17)12-20/h4-11,13H,1-3H3. The molecule has 0 saturated carbocycles. The quantitative estimate of drug-likeness (QED) is 0.741. The number of nitriles is 1. The topological polar surface area (TPSA) is 44.9 Å². The second-order valence-corrected chi connectivity index (χ2v) is 5.64. The highest BCUT2D eigenvalue weighted by Crippen LogP contribution is 2.30. The van der Waals surface area contributed by atoms with Crippen LogP contribution in [0, 0.1) is 11.3 Å². The first kappa shape index (κ1) is 14.9. The molecule has 1 aromatic carbocycles. The van der Waals surface area contributed by atoms with E-state index in [2.05, 4.69) is 50.9 Å². The lowest BCUT2D eigenvalue weighted by Gasteiger charge is -2.13. The van der Waals surface area contributed by atoms with Crippen molar-refractivity contribution in [1.29, 1.82) is 5.26 Å². The van der Waals surface area contributed by atoms with Crippen molar-refractivity contribution in [2.24, 2.45) is 7.05 Å². The molecule has 2 aromatic heterocycles. The summed E-state index contributed by atoms with van der Waals surface area (Å²) in [5, 5.41) is 9.27. The molecule has 0 fully saturated rings. The van der Waals surface area contributed by atoms with Gasteiger partial charge in [-0.3, -0.25) is 4.98 Å². The van der Waals surface area contributed by atoms with Gasteiger partial charge in [-0.25, -0.2) is 0 Å². The molecule has 0 saturated heterocycles. The van der Waals surface area contributed by atoms with E-state index in [1.807, 2.05) is 33.3 Å². The van der Waals surface area contributed by atoms with Crippen LogP contribution in [0.3, 0.4) is 0 Å². The van der Waals surface area contributed by atoms with Crippen molar-refractivity contribution in [3.63, 3.8) is 0 Å². The second kappa shape index (κ2) is 5.98. The van der Waals surface area contributed by atoms with Crippen molar-refractivity contribution in [2.45, 2.75) is 0 Å². The Hall–Kier alpha value is -3.06. The monoisotopic (exact) mass is 302 g/mol. The highest BCUT2D eigenvalue weighted by Gasteiger charge is 2.12. The molecule has 114 valence electrons. The summed E-state index contributed by atoms with van der Waals surface area (Å²) in [5.74, 6) is 0. The van der Waals surface area contributed by atoms with Crippen LogP contribution in [0.5, 0.6) is 0 Å². The van der Waals surface area contributed by atoms with Crippen LogP contribution in [0.2, 0.25) is 0 Å². The van der Waals surface area contributed by atoms with Crippen molar-refractivity contribution < 1.29 is 0 Å². The van der Waals surface area contributed by atoms with Crippen molar-refractivity contribution >= 4 is 5.69 Å². The van der Waals surface area contributed by atoms with Gasteiger partial charge in [0.1, 0.15) is 6.07 Å². The predicted octanol–water partition coefficient (Wildman–Crippen LogP) is 3.69. The SMILES string of the molecule is CN(C)c1ccc(-c2ccc(-c3ccncc3C#N)n2C)cc1. The van der Waals surface area contributed by atoms with Crippen LogP contribution >= 0.6 is 0 Å². The van der Waals surface area contributed by atoms with Crippen LogP contribution in [-0.2, 0) is 7.05 Å². The Balaban J connectivity index is 2.04. The number of benzene rings is 1. The molecule has 0 aliphatic rings. The first-order valence-electron chi connectivity index (χ1n) is 7.40. The third kappa shape index (κ3) is 2.69. The highest BCUT2D eigenvalue weighted by atomic mass is 15.1. The molecule has 0 N–H and O–H groups in total. The van der Waals surface area contributed by atoms with Gasteiger partial charge < -0.3 is 9.47 Å². The minimum Gasteiger partial charge on any atom is -0.378 e. The van der Waals surface area contributed by atoms with Crippen LogP contribution in [0.15, 0.2) is 54.9 Å². The van der Waals surface area contributed by atoms with Crippen LogP contribution in [0.1, 0.15) is 5.56 Å². The van der Waals surface area contributed by atoms with Crippen LogP contribution in [-0.4, -0.2) is 23.6 Å². The lowest BCUT2D eigenvalue weighted by atomic mass is 10.1. The molecule has 23 heavy (non-hydrogen) atoms. The van der Waals surface area contributed by atoms with E-state index in [1.165, 1.54) is 5.69 Å². The second-order valence-electron chi connectivity index (χ2n) is 5.64. The number of aromatic nitrogens is 2. The van der Waals surface area contributed by atoms with E-state index < -0.39 is 0 Å². The van der Waals surface area contributed by atoms with Crippen molar-refractivity contribution in [2.75, 3.05) is 19.0 Å². The molecule has 4 nitrogen and oxygen atoms in total. The molecular weight excluding hydrogens is 284 g/mol. The smallest absolute Gasteiger partial charge is 0.101 e. The molecule has 0 aliphatic carbocycles. The Bertz CT molecular complexity index is 867. The molecule has 3 aromatic rings. The fourth-order valence-corrected chi connectivity index (χ4v) is 2.71. The molecular formula is C19H18N4. The van der Waals surface area contributed by atoms with E-state index >= 15 is 0 Å². The Kier molecular flexibility index (Phi) is 3.86. The van der Waals surface area contributed by atoms with Gasteiger partial charge in [-0.2, -0.15) is 5.26 Å². The van der Waals surface area contributed by atoms with Gasteiger partial charge in [0.25, 0.3) is 0 Å². The van der Waals surface area contributed by atoms with Gasteiger partial charge in [0.15, 0.2) is 0 Å². The first-order chi connectivity index (χ1) is 11.1. The Morgan fingerprint density at radius 3 is 2.35 bits per heavy atom. The maximum Gasteiger partial charge on any atom is 0.101 e. The molecule has 0 unspecified atom stereocenters.